The van der Waals surface area contributed by atoms with Crippen molar-refractivity contribution >= 4 is 17.4 Å². The average molecular weight is 295 g/mol. The Bertz CT molecular complexity index is 642. The molecule has 0 aliphatic heterocycles. The molecule has 2 unspecified atom stereocenters. The molecule has 0 aromatic carbocycles. The lowest BCUT2D eigenvalue weighted by Gasteiger charge is -2.17. The molecule has 2 aromatic heterocycles. The number of nitrogens with zero attached hydrogens (tertiary/aromatic N) is 4. The Labute approximate surface area is 123 Å². The van der Waals surface area contributed by atoms with Crippen LogP contribution in [0, 0.1) is 13.8 Å². The van der Waals surface area contributed by atoms with Gasteiger partial charge >= 0.3 is 0 Å². The molecule has 2 heterocycles. The molecular formula is C14H19ClN4O. The molecule has 108 valence electrons. The predicted molar refractivity (Wildman–Crippen MR) is 78.4 cm³/mol. The first kappa shape index (κ1) is 14.8. The molecule has 0 saturated carbocycles. The Morgan fingerprint density at radius 2 is 2.00 bits per heavy atom. The second-order valence-corrected chi connectivity index (χ2v) is 5.77. The van der Waals surface area contributed by atoms with Crippen LogP contribution in [-0.4, -0.2) is 30.5 Å². The third-order valence-corrected chi connectivity index (χ3v) is 3.82. The largest absolute Gasteiger partial charge is 0.338 e. The zero-order valence-corrected chi connectivity index (χ0v) is 13.1. The first-order valence-electron chi connectivity index (χ1n) is 6.55. The topological polar surface area (TPSA) is 52.7 Å². The maximum Gasteiger partial charge on any atom is 0.182 e. The van der Waals surface area contributed by atoms with Gasteiger partial charge in [0, 0.05) is 24.0 Å². The molecule has 2 rings (SSSR count). The van der Waals surface area contributed by atoms with Crippen molar-refractivity contribution in [2.75, 3.05) is 0 Å². The van der Waals surface area contributed by atoms with E-state index in [1.165, 1.54) is 0 Å². The highest BCUT2D eigenvalue weighted by atomic mass is 35.5. The van der Waals surface area contributed by atoms with Crippen molar-refractivity contribution in [3.8, 4) is 0 Å². The number of carbonyl (C=O) groups excluding carboxylic acids is 1. The Kier molecular flexibility index (Phi) is 3.99. The number of hydrogen-bond acceptors (Lipinski definition) is 3. The Hall–Kier alpha value is -1.62. The number of aryl methyl sites for hydroxylation is 2. The minimum atomic E-state index is -0.519. The summed E-state index contributed by atoms with van der Waals surface area (Å²) in [6.45, 7) is 7.66. The van der Waals surface area contributed by atoms with Gasteiger partial charge in [-0.05, 0) is 33.8 Å². The smallest absolute Gasteiger partial charge is 0.182 e. The van der Waals surface area contributed by atoms with Crippen molar-refractivity contribution in [3.63, 3.8) is 0 Å². The zero-order valence-electron chi connectivity index (χ0n) is 12.4. The highest BCUT2D eigenvalue weighted by Gasteiger charge is 2.23. The Morgan fingerprint density at radius 3 is 2.50 bits per heavy atom. The van der Waals surface area contributed by atoms with Gasteiger partial charge in [0.15, 0.2) is 11.6 Å². The molecule has 0 amide bonds. The number of aromatic nitrogens is 4. The van der Waals surface area contributed by atoms with Crippen LogP contribution in [0.25, 0.3) is 0 Å². The molecule has 0 saturated heterocycles. The molecule has 0 fully saturated rings. The predicted octanol–water partition coefficient (Wildman–Crippen LogP) is 2.65. The Balaban J connectivity index is 2.48. The first-order valence-corrected chi connectivity index (χ1v) is 6.98. The summed E-state index contributed by atoms with van der Waals surface area (Å²) < 4.78 is 3.98. The SMILES string of the molecule is Cc1cc(C(=O)C(C)Cl)c(C)n1C(C)c1nncn1C. The number of alkyl halides is 1. The summed E-state index contributed by atoms with van der Waals surface area (Å²) in [6, 6.07) is 1.90. The maximum absolute atomic E-state index is 12.1. The highest BCUT2D eigenvalue weighted by Crippen LogP contribution is 2.25. The quantitative estimate of drug-likeness (QED) is 0.643. The van der Waals surface area contributed by atoms with Crippen LogP contribution in [0.2, 0.25) is 0 Å². The maximum atomic E-state index is 12.1. The molecule has 0 radical (unpaired) electrons. The van der Waals surface area contributed by atoms with E-state index < -0.39 is 5.38 Å². The van der Waals surface area contributed by atoms with Crippen molar-refractivity contribution in [1.29, 1.82) is 0 Å². The van der Waals surface area contributed by atoms with Gasteiger partial charge in [-0.1, -0.05) is 0 Å². The van der Waals surface area contributed by atoms with Gasteiger partial charge in [0.2, 0.25) is 0 Å². The molecule has 0 N–H and O–H groups in total. The minimum absolute atomic E-state index is 0.00896. The van der Waals surface area contributed by atoms with Crippen molar-refractivity contribution in [1.82, 2.24) is 19.3 Å². The number of rotatable bonds is 4. The van der Waals surface area contributed by atoms with E-state index in [0.717, 1.165) is 17.2 Å². The van der Waals surface area contributed by atoms with E-state index in [2.05, 4.69) is 14.8 Å². The summed E-state index contributed by atoms with van der Waals surface area (Å²) in [7, 11) is 1.91. The second kappa shape index (κ2) is 5.40. The second-order valence-electron chi connectivity index (χ2n) is 5.11. The lowest BCUT2D eigenvalue weighted by atomic mass is 10.1. The van der Waals surface area contributed by atoms with Gasteiger partial charge in [0.1, 0.15) is 6.33 Å². The van der Waals surface area contributed by atoms with Crippen LogP contribution in [0.15, 0.2) is 12.4 Å². The Morgan fingerprint density at radius 1 is 1.35 bits per heavy atom. The first-order chi connectivity index (χ1) is 9.34. The molecule has 5 nitrogen and oxygen atoms in total. The van der Waals surface area contributed by atoms with Crippen LogP contribution in [0.4, 0.5) is 0 Å². The van der Waals surface area contributed by atoms with Gasteiger partial charge in [-0.2, -0.15) is 0 Å². The summed E-state index contributed by atoms with van der Waals surface area (Å²) in [5.41, 5.74) is 2.60. The van der Waals surface area contributed by atoms with E-state index in [1.54, 1.807) is 13.3 Å². The standard InChI is InChI=1S/C14H19ClN4O/c1-8-6-12(13(20)9(2)15)10(3)19(8)11(4)14-17-16-7-18(14)5/h6-7,9,11H,1-5H3. The average Bonchev–Trinajstić information content (AvgIpc) is 2.92. The molecule has 6 heteroatoms. The molecule has 2 aromatic rings. The lowest BCUT2D eigenvalue weighted by molar-refractivity contribution is 0.0991. The monoisotopic (exact) mass is 294 g/mol. The van der Waals surface area contributed by atoms with Gasteiger partial charge in [0.25, 0.3) is 0 Å². The lowest BCUT2D eigenvalue weighted by Crippen LogP contribution is -2.16. The fraction of sp³-hybridized carbons (Fsp3) is 0.500. The van der Waals surface area contributed by atoms with Crippen LogP contribution in [0.5, 0.6) is 0 Å². The summed E-state index contributed by atoms with van der Waals surface area (Å²) in [5.74, 6) is 0.806. The van der Waals surface area contributed by atoms with Gasteiger partial charge in [-0.15, -0.1) is 21.8 Å². The molecule has 0 bridgehead atoms. The normalized spacial score (nSPS) is 14.3. The zero-order chi connectivity index (χ0) is 15.0. The molecule has 2 atom stereocenters. The number of ketones is 1. The van der Waals surface area contributed by atoms with Crippen LogP contribution >= 0.6 is 11.6 Å². The van der Waals surface area contributed by atoms with E-state index in [0.29, 0.717) is 5.56 Å². The fourth-order valence-corrected chi connectivity index (χ4v) is 2.74. The third-order valence-electron chi connectivity index (χ3n) is 3.62. The van der Waals surface area contributed by atoms with Crippen LogP contribution in [-0.2, 0) is 7.05 Å². The number of halogens is 1. The van der Waals surface area contributed by atoms with E-state index >= 15 is 0 Å². The summed E-state index contributed by atoms with van der Waals surface area (Å²) in [4.78, 5) is 12.1. The third kappa shape index (κ3) is 2.38. The van der Waals surface area contributed by atoms with Crippen molar-refractivity contribution in [2.24, 2.45) is 7.05 Å². The minimum Gasteiger partial charge on any atom is -0.338 e. The number of carbonyl (C=O) groups is 1. The van der Waals surface area contributed by atoms with E-state index in [9.17, 15) is 4.79 Å². The van der Waals surface area contributed by atoms with E-state index in [-0.39, 0.29) is 11.8 Å². The number of hydrogen-bond donors (Lipinski definition) is 0. The van der Waals surface area contributed by atoms with Crippen LogP contribution in [0.1, 0.15) is 47.5 Å². The number of Topliss-reactive ketones (excluding diaryl/α,β-unsaturated/α-hetero) is 1. The van der Waals surface area contributed by atoms with E-state index in [1.807, 2.05) is 38.5 Å². The van der Waals surface area contributed by atoms with Crippen LogP contribution in [0.3, 0.4) is 0 Å². The van der Waals surface area contributed by atoms with Gasteiger partial charge < -0.3 is 9.13 Å². The molecular weight excluding hydrogens is 276 g/mol. The van der Waals surface area contributed by atoms with Gasteiger partial charge in [-0.3, -0.25) is 4.79 Å². The summed E-state index contributed by atoms with van der Waals surface area (Å²) in [6.07, 6.45) is 1.67. The van der Waals surface area contributed by atoms with Crippen LogP contribution < -0.4 is 0 Å². The molecule has 20 heavy (non-hydrogen) atoms. The summed E-state index contributed by atoms with van der Waals surface area (Å²) >= 11 is 5.92. The molecule has 0 aliphatic carbocycles. The van der Waals surface area contributed by atoms with Gasteiger partial charge in [-0.25, -0.2) is 0 Å². The molecule has 0 aliphatic rings. The van der Waals surface area contributed by atoms with E-state index in [4.69, 9.17) is 11.6 Å². The van der Waals surface area contributed by atoms with Gasteiger partial charge in [0.05, 0.1) is 11.4 Å². The molecule has 0 spiro atoms. The van der Waals surface area contributed by atoms with Crippen molar-refractivity contribution in [3.05, 3.63) is 35.2 Å². The highest BCUT2D eigenvalue weighted by molar-refractivity contribution is 6.33. The van der Waals surface area contributed by atoms with Crippen molar-refractivity contribution in [2.45, 2.75) is 39.1 Å². The fourth-order valence-electron chi connectivity index (χ4n) is 2.62. The van der Waals surface area contributed by atoms with Crippen molar-refractivity contribution < 1.29 is 4.79 Å². The summed E-state index contributed by atoms with van der Waals surface area (Å²) in [5, 5.41) is 7.53.